The molecule has 0 aliphatic rings. The minimum atomic E-state index is 0.530. The third-order valence-electron chi connectivity index (χ3n) is 4.20. The molecule has 0 aliphatic heterocycles. The fraction of sp³-hybridized carbons (Fsp3) is 0. The summed E-state index contributed by atoms with van der Waals surface area (Å²) in [5.41, 5.74) is 9.48. The molecule has 0 spiro atoms. The molecule has 4 heterocycles. The zero-order chi connectivity index (χ0) is 18.2. The van der Waals surface area contributed by atoms with Gasteiger partial charge in [-0.1, -0.05) is 0 Å². The third-order valence-corrected chi connectivity index (χ3v) is 5.12. The molecule has 0 unspecified atom stereocenters. The number of nitrogens with zero attached hydrogens (tertiary/aromatic N) is 4. The van der Waals surface area contributed by atoms with Gasteiger partial charge in [0.1, 0.15) is 5.65 Å². The first kappa shape index (κ1) is 15.6. The van der Waals surface area contributed by atoms with E-state index in [4.69, 9.17) is 10.7 Å². The van der Waals surface area contributed by atoms with Crippen molar-refractivity contribution < 1.29 is 0 Å². The Hall–Kier alpha value is -3.65. The maximum absolute atomic E-state index is 5.90. The van der Waals surface area contributed by atoms with Gasteiger partial charge in [0.05, 0.1) is 21.9 Å². The second-order valence-corrected chi connectivity index (χ2v) is 7.09. The van der Waals surface area contributed by atoms with Crippen LogP contribution >= 0.6 is 11.3 Å². The molecular weight excluding hydrogens is 358 g/mol. The quantitative estimate of drug-likeness (QED) is 0.439. The second kappa shape index (κ2) is 6.26. The Kier molecular flexibility index (Phi) is 3.61. The number of nitrogens with one attached hydrogen (secondary N) is 2. The molecule has 0 radical (unpaired) electrons. The highest BCUT2D eigenvalue weighted by atomic mass is 32.1. The van der Waals surface area contributed by atoms with E-state index in [0.29, 0.717) is 5.95 Å². The molecule has 4 N–H and O–H groups in total. The van der Waals surface area contributed by atoms with E-state index in [1.165, 1.54) is 11.3 Å². The first-order chi connectivity index (χ1) is 13.3. The second-order valence-electron chi connectivity index (χ2n) is 5.98. The highest BCUT2D eigenvalue weighted by Crippen LogP contribution is 2.33. The van der Waals surface area contributed by atoms with E-state index in [2.05, 4.69) is 20.3 Å². The van der Waals surface area contributed by atoms with Crippen molar-refractivity contribution in [2.24, 2.45) is 0 Å². The summed E-state index contributed by atoms with van der Waals surface area (Å²) in [5.74, 6) is 0.530. The molecule has 5 rings (SSSR count). The maximum Gasteiger partial charge on any atom is 0.229 e. The molecule has 27 heavy (non-hydrogen) atoms. The molecule has 0 aliphatic carbocycles. The van der Waals surface area contributed by atoms with Gasteiger partial charge in [-0.15, -0.1) is 11.3 Å². The lowest BCUT2D eigenvalue weighted by Gasteiger charge is -2.08. The predicted octanol–water partition coefficient (Wildman–Crippen LogP) is 4.20. The fourth-order valence-electron chi connectivity index (χ4n) is 2.92. The van der Waals surface area contributed by atoms with Gasteiger partial charge in [-0.2, -0.15) is 4.98 Å². The molecule has 0 fully saturated rings. The van der Waals surface area contributed by atoms with Gasteiger partial charge in [-0.05, 0) is 42.5 Å². The molecule has 132 valence electrons. The van der Waals surface area contributed by atoms with Gasteiger partial charge in [-0.3, -0.25) is 0 Å². The van der Waals surface area contributed by atoms with Crippen LogP contribution in [-0.4, -0.2) is 24.5 Å². The summed E-state index contributed by atoms with van der Waals surface area (Å²) in [5, 5.41) is 5.01. The normalized spacial score (nSPS) is 11.1. The molecule has 0 bridgehead atoms. The van der Waals surface area contributed by atoms with Crippen LogP contribution in [0.5, 0.6) is 0 Å². The molecule has 5 aromatic rings. The Morgan fingerprint density at radius 3 is 2.67 bits per heavy atom. The predicted molar refractivity (Wildman–Crippen MR) is 108 cm³/mol. The number of rotatable bonds is 4. The van der Waals surface area contributed by atoms with E-state index in [0.717, 1.165) is 38.0 Å². The molecule has 0 amide bonds. The number of aromatic nitrogens is 5. The van der Waals surface area contributed by atoms with Gasteiger partial charge < -0.3 is 20.6 Å². The Bertz CT molecular complexity index is 1200. The summed E-state index contributed by atoms with van der Waals surface area (Å²) in [6, 6.07) is 13.8. The smallest absolute Gasteiger partial charge is 0.229 e. The fourth-order valence-corrected chi connectivity index (χ4v) is 3.70. The highest BCUT2D eigenvalue weighted by Gasteiger charge is 2.12. The summed E-state index contributed by atoms with van der Waals surface area (Å²) < 4.78 is 1.95. The van der Waals surface area contributed by atoms with E-state index in [1.807, 2.05) is 59.4 Å². The molecular formula is C19H15N7S. The zero-order valence-corrected chi connectivity index (χ0v) is 14.9. The summed E-state index contributed by atoms with van der Waals surface area (Å²) >= 11 is 1.51. The number of H-pyrrole nitrogens is 1. The number of aromatic amines is 1. The van der Waals surface area contributed by atoms with Gasteiger partial charge >= 0.3 is 0 Å². The number of hydrogen-bond donors (Lipinski definition) is 3. The van der Waals surface area contributed by atoms with Crippen LogP contribution in [0.1, 0.15) is 0 Å². The minimum Gasteiger partial charge on any atom is -0.391 e. The summed E-state index contributed by atoms with van der Waals surface area (Å²) in [4.78, 5) is 17.5. The van der Waals surface area contributed by atoms with Crippen LogP contribution < -0.4 is 11.1 Å². The number of nitrogens with two attached hydrogens (primary N) is 1. The number of anilines is 3. The first-order valence-electron chi connectivity index (χ1n) is 8.32. The first-order valence-corrected chi connectivity index (χ1v) is 9.14. The monoisotopic (exact) mass is 373 g/mol. The van der Waals surface area contributed by atoms with E-state index >= 15 is 0 Å². The van der Waals surface area contributed by atoms with Crippen molar-refractivity contribution in [2.75, 3.05) is 11.1 Å². The summed E-state index contributed by atoms with van der Waals surface area (Å²) in [6.07, 6.45) is 7.29. The van der Waals surface area contributed by atoms with Crippen LogP contribution in [0, 0.1) is 0 Å². The van der Waals surface area contributed by atoms with E-state index in [-0.39, 0.29) is 0 Å². The van der Waals surface area contributed by atoms with Crippen molar-refractivity contribution in [1.29, 1.82) is 0 Å². The number of nitrogen functional groups attached to an aromatic ring is 1. The van der Waals surface area contributed by atoms with Crippen LogP contribution in [0.15, 0.2) is 67.4 Å². The van der Waals surface area contributed by atoms with Crippen LogP contribution in [0.3, 0.4) is 0 Å². The van der Waals surface area contributed by atoms with E-state index < -0.39 is 0 Å². The van der Waals surface area contributed by atoms with Crippen molar-refractivity contribution >= 4 is 39.0 Å². The molecule has 4 aromatic heterocycles. The SMILES string of the molecule is Nc1ccc(-c2nc(Nc3ccc(-n4ccnc4)cc3)nc3[nH]ccc23)s1. The number of fused-ring (bicyclic) bond motifs is 1. The van der Waals surface area contributed by atoms with Gasteiger partial charge in [0.2, 0.25) is 5.95 Å². The van der Waals surface area contributed by atoms with E-state index in [9.17, 15) is 0 Å². The largest absolute Gasteiger partial charge is 0.391 e. The lowest BCUT2D eigenvalue weighted by molar-refractivity contribution is 1.06. The van der Waals surface area contributed by atoms with Crippen molar-refractivity contribution in [1.82, 2.24) is 24.5 Å². The molecule has 0 saturated heterocycles. The molecule has 0 atom stereocenters. The van der Waals surface area contributed by atoms with Gasteiger partial charge in [-0.25, -0.2) is 9.97 Å². The summed E-state index contributed by atoms with van der Waals surface area (Å²) in [6.45, 7) is 0. The minimum absolute atomic E-state index is 0.530. The number of imidazole rings is 1. The van der Waals surface area contributed by atoms with Crippen molar-refractivity contribution in [3.8, 4) is 16.3 Å². The standard InChI is InChI=1S/C19H15N7S/c20-16-6-5-15(27-16)17-14-7-8-22-18(14)25-19(24-17)23-12-1-3-13(4-2-12)26-10-9-21-11-26/h1-11H,20H2,(H2,22,23,24,25). The van der Waals surface area contributed by atoms with Crippen molar-refractivity contribution in [3.63, 3.8) is 0 Å². The van der Waals surface area contributed by atoms with Crippen molar-refractivity contribution in [2.45, 2.75) is 0 Å². The number of thiophene rings is 1. The average molecular weight is 373 g/mol. The van der Waals surface area contributed by atoms with Crippen LogP contribution in [0.2, 0.25) is 0 Å². The zero-order valence-electron chi connectivity index (χ0n) is 14.1. The Morgan fingerprint density at radius 1 is 1.04 bits per heavy atom. The lowest BCUT2D eigenvalue weighted by atomic mass is 10.2. The number of hydrogen-bond acceptors (Lipinski definition) is 6. The lowest BCUT2D eigenvalue weighted by Crippen LogP contribution is -1.99. The highest BCUT2D eigenvalue weighted by molar-refractivity contribution is 7.19. The Labute approximate surface area is 158 Å². The Balaban J connectivity index is 1.50. The molecule has 1 aromatic carbocycles. The average Bonchev–Trinajstić information content (AvgIpc) is 3.43. The van der Waals surface area contributed by atoms with Crippen LogP contribution in [-0.2, 0) is 0 Å². The van der Waals surface area contributed by atoms with Gasteiger partial charge in [0.25, 0.3) is 0 Å². The molecule has 7 nitrogen and oxygen atoms in total. The summed E-state index contributed by atoms with van der Waals surface area (Å²) in [7, 11) is 0. The topological polar surface area (TPSA) is 97.4 Å². The van der Waals surface area contributed by atoms with E-state index in [1.54, 1.807) is 12.5 Å². The van der Waals surface area contributed by atoms with Gasteiger partial charge in [0.15, 0.2) is 0 Å². The van der Waals surface area contributed by atoms with Crippen LogP contribution in [0.25, 0.3) is 27.3 Å². The van der Waals surface area contributed by atoms with Crippen LogP contribution in [0.4, 0.5) is 16.6 Å². The Morgan fingerprint density at radius 2 is 1.93 bits per heavy atom. The van der Waals surface area contributed by atoms with Gasteiger partial charge in [0, 0.05) is 35.4 Å². The maximum atomic E-state index is 5.90. The third kappa shape index (κ3) is 2.91. The molecule has 8 heteroatoms. The number of benzene rings is 1. The van der Waals surface area contributed by atoms with Crippen molar-refractivity contribution in [3.05, 3.63) is 67.4 Å². The molecule has 0 saturated carbocycles.